The second kappa shape index (κ2) is 8.33. The van der Waals surface area contributed by atoms with E-state index in [4.69, 9.17) is 4.74 Å². The number of fused-ring (bicyclic) bond motifs is 1. The van der Waals surface area contributed by atoms with E-state index in [0.29, 0.717) is 42.2 Å². The molecule has 0 spiro atoms. The Hall–Kier alpha value is -3.14. The normalized spacial score (nSPS) is 17.4. The summed E-state index contributed by atoms with van der Waals surface area (Å²) in [4.78, 5) is 25.3. The van der Waals surface area contributed by atoms with Gasteiger partial charge in [-0.15, -0.1) is 0 Å². The van der Waals surface area contributed by atoms with E-state index in [2.05, 4.69) is 14.9 Å². The Kier molecular flexibility index (Phi) is 5.81. The van der Waals surface area contributed by atoms with Crippen molar-refractivity contribution in [3.8, 4) is 0 Å². The number of nitrogens with zero attached hydrogens (tertiary/aromatic N) is 5. The van der Waals surface area contributed by atoms with E-state index in [1.165, 1.54) is 10.3 Å². The average molecular weight is 472 g/mol. The highest BCUT2D eigenvalue weighted by atomic mass is 32.2. The van der Waals surface area contributed by atoms with Crippen LogP contribution in [0.2, 0.25) is 0 Å². The fourth-order valence-corrected chi connectivity index (χ4v) is 5.61. The quantitative estimate of drug-likeness (QED) is 0.577. The van der Waals surface area contributed by atoms with E-state index in [1.807, 2.05) is 27.7 Å². The predicted molar refractivity (Wildman–Crippen MR) is 126 cm³/mol. The van der Waals surface area contributed by atoms with Crippen LogP contribution >= 0.6 is 0 Å². The summed E-state index contributed by atoms with van der Waals surface area (Å²) in [5.41, 5.74) is 0.330. The highest BCUT2D eigenvalue weighted by Crippen LogP contribution is 2.30. The average Bonchev–Trinajstić information content (AvgIpc) is 3.09. The van der Waals surface area contributed by atoms with Gasteiger partial charge in [0.1, 0.15) is 17.7 Å². The first-order valence-corrected chi connectivity index (χ1v) is 12.3. The molecule has 1 atom stereocenters. The zero-order chi connectivity index (χ0) is 24.0. The van der Waals surface area contributed by atoms with Crippen LogP contribution in [0.1, 0.15) is 33.4 Å². The standard InChI is InChI=1S/C23H29N5O4S/c1-16-13-19-20(26-11-12-27(17(2)14-26)22(29)32-23(3,4)5)24-15-25-21(19)28(16)33(30,31)18-9-7-6-8-10-18/h6-10,13,15,17H,11-12,14H2,1-5H3. The Balaban J connectivity index is 1.66. The van der Waals surface area contributed by atoms with Crippen molar-refractivity contribution in [2.75, 3.05) is 24.5 Å². The lowest BCUT2D eigenvalue weighted by atomic mass is 10.2. The second-order valence-electron chi connectivity index (χ2n) is 9.27. The fraction of sp³-hybridized carbons (Fsp3) is 0.435. The molecule has 1 aliphatic rings. The van der Waals surface area contributed by atoms with Gasteiger partial charge >= 0.3 is 6.09 Å². The fourth-order valence-electron chi connectivity index (χ4n) is 4.10. The molecule has 1 aliphatic heterocycles. The van der Waals surface area contributed by atoms with Gasteiger partial charge in [0.15, 0.2) is 5.65 Å². The van der Waals surface area contributed by atoms with Crippen LogP contribution in [0.5, 0.6) is 0 Å². The van der Waals surface area contributed by atoms with E-state index >= 15 is 0 Å². The number of hydrogen-bond acceptors (Lipinski definition) is 7. The van der Waals surface area contributed by atoms with Crippen molar-refractivity contribution in [2.45, 2.75) is 51.2 Å². The van der Waals surface area contributed by atoms with E-state index in [1.54, 1.807) is 48.2 Å². The van der Waals surface area contributed by atoms with Gasteiger partial charge in [-0.05, 0) is 52.8 Å². The van der Waals surface area contributed by atoms with Crippen molar-refractivity contribution in [2.24, 2.45) is 0 Å². The molecule has 1 aromatic carbocycles. The van der Waals surface area contributed by atoms with Gasteiger partial charge in [-0.25, -0.2) is 27.2 Å². The Morgan fingerprint density at radius 2 is 1.82 bits per heavy atom. The Bertz CT molecular complexity index is 1280. The van der Waals surface area contributed by atoms with Crippen molar-refractivity contribution in [3.63, 3.8) is 0 Å². The largest absolute Gasteiger partial charge is 0.444 e. The number of aromatic nitrogens is 3. The number of amides is 1. The molecule has 0 saturated carbocycles. The van der Waals surface area contributed by atoms with E-state index in [-0.39, 0.29) is 17.0 Å². The van der Waals surface area contributed by atoms with Gasteiger partial charge in [0.2, 0.25) is 0 Å². The number of aryl methyl sites for hydroxylation is 1. The van der Waals surface area contributed by atoms with Gasteiger partial charge < -0.3 is 14.5 Å². The van der Waals surface area contributed by atoms with Gasteiger partial charge in [-0.3, -0.25) is 0 Å². The molecule has 9 nitrogen and oxygen atoms in total. The van der Waals surface area contributed by atoms with Crippen LogP contribution in [0, 0.1) is 6.92 Å². The molecule has 0 aliphatic carbocycles. The molecule has 2 aromatic heterocycles. The monoisotopic (exact) mass is 471 g/mol. The molecule has 1 fully saturated rings. The molecule has 33 heavy (non-hydrogen) atoms. The maximum atomic E-state index is 13.3. The molecule has 176 valence electrons. The number of hydrogen-bond donors (Lipinski definition) is 0. The van der Waals surface area contributed by atoms with E-state index < -0.39 is 15.6 Å². The first-order valence-electron chi connectivity index (χ1n) is 10.9. The molecular weight excluding hydrogens is 442 g/mol. The lowest BCUT2D eigenvalue weighted by Gasteiger charge is -2.40. The minimum Gasteiger partial charge on any atom is -0.444 e. The van der Waals surface area contributed by atoms with E-state index in [0.717, 1.165) is 0 Å². The molecule has 1 amide bonds. The summed E-state index contributed by atoms with van der Waals surface area (Å²) in [6, 6.07) is 10.0. The van der Waals surface area contributed by atoms with Crippen LogP contribution in [0.25, 0.3) is 11.0 Å². The van der Waals surface area contributed by atoms with Gasteiger partial charge in [0.25, 0.3) is 10.0 Å². The Morgan fingerprint density at radius 3 is 2.45 bits per heavy atom. The summed E-state index contributed by atoms with van der Waals surface area (Å²) >= 11 is 0. The maximum absolute atomic E-state index is 13.3. The molecule has 1 saturated heterocycles. The smallest absolute Gasteiger partial charge is 0.410 e. The minimum atomic E-state index is -3.81. The van der Waals surface area contributed by atoms with E-state index in [9.17, 15) is 13.2 Å². The van der Waals surface area contributed by atoms with Gasteiger partial charge in [0.05, 0.1) is 10.3 Å². The van der Waals surface area contributed by atoms with Gasteiger partial charge in [-0.2, -0.15) is 0 Å². The molecule has 10 heteroatoms. The van der Waals surface area contributed by atoms with Gasteiger partial charge in [-0.1, -0.05) is 18.2 Å². The zero-order valence-corrected chi connectivity index (χ0v) is 20.3. The highest BCUT2D eigenvalue weighted by Gasteiger charge is 2.33. The number of piperazine rings is 1. The molecule has 1 unspecified atom stereocenters. The third kappa shape index (κ3) is 4.39. The molecule has 4 rings (SSSR count). The van der Waals surface area contributed by atoms with Crippen LogP contribution in [0.15, 0.2) is 47.6 Å². The number of rotatable bonds is 3. The van der Waals surface area contributed by atoms with Crippen LogP contribution in [0.3, 0.4) is 0 Å². The lowest BCUT2D eigenvalue weighted by Crippen LogP contribution is -2.55. The number of carbonyl (C=O) groups excluding carboxylic acids is 1. The highest BCUT2D eigenvalue weighted by molar-refractivity contribution is 7.90. The van der Waals surface area contributed by atoms with Crippen molar-refractivity contribution < 1.29 is 17.9 Å². The minimum absolute atomic E-state index is 0.102. The SMILES string of the molecule is Cc1cc2c(N3CCN(C(=O)OC(C)(C)C)C(C)C3)ncnc2n1S(=O)(=O)c1ccccc1. The summed E-state index contributed by atoms with van der Waals surface area (Å²) in [6.07, 6.45) is 1.05. The van der Waals surface area contributed by atoms with Gasteiger partial charge in [0, 0.05) is 31.4 Å². The summed E-state index contributed by atoms with van der Waals surface area (Å²) in [5, 5.41) is 0.660. The van der Waals surface area contributed by atoms with Crippen LogP contribution in [-0.2, 0) is 14.8 Å². The molecular formula is C23H29N5O4S. The van der Waals surface area contributed by atoms with Crippen molar-refractivity contribution in [1.82, 2.24) is 18.8 Å². The second-order valence-corrected chi connectivity index (χ2v) is 11.1. The molecule has 0 radical (unpaired) electrons. The lowest BCUT2D eigenvalue weighted by molar-refractivity contribution is 0.0158. The number of benzene rings is 1. The number of carbonyl (C=O) groups is 1. The number of ether oxygens (including phenoxy) is 1. The van der Waals surface area contributed by atoms with Crippen molar-refractivity contribution >= 4 is 33.0 Å². The number of anilines is 1. The van der Waals surface area contributed by atoms with Crippen LogP contribution in [-0.4, -0.2) is 64.6 Å². The van der Waals surface area contributed by atoms with Crippen molar-refractivity contribution in [3.05, 3.63) is 48.4 Å². The molecule has 3 heterocycles. The van der Waals surface area contributed by atoms with Crippen molar-refractivity contribution in [1.29, 1.82) is 0 Å². The third-order valence-corrected chi connectivity index (χ3v) is 7.35. The predicted octanol–water partition coefficient (Wildman–Crippen LogP) is 3.42. The van der Waals surface area contributed by atoms with Crippen LogP contribution in [0.4, 0.5) is 10.6 Å². The van der Waals surface area contributed by atoms with Crippen LogP contribution < -0.4 is 4.90 Å². The Morgan fingerprint density at radius 1 is 1.12 bits per heavy atom. The molecule has 3 aromatic rings. The Labute approximate surface area is 194 Å². The summed E-state index contributed by atoms with van der Waals surface area (Å²) in [7, 11) is -3.81. The molecule has 0 bridgehead atoms. The summed E-state index contributed by atoms with van der Waals surface area (Å²) in [6.45, 7) is 10.8. The molecule has 0 N–H and O–H groups in total. The summed E-state index contributed by atoms with van der Waals surface area (Å²) < 4.78 is 33.5. The third-order valence-electron chi connectivity index (χ3n) is 5.54. The topological polar surface area (TPSA) is 97.6 Å². The summed E-state index contributed by atoms with van der Waals surface area (Å²) in [5.74, 6) is 0.654. The zero-order valence-electron chi connectivity index (χ0n) is 19.5. The maximum Gasteiger partial charge on any atom is 0.410 e. The first-order chi connectivity index (χ1) is 15.5. The first kappa shape index (κ1) is 23.0.